The van der Waals surface area contributed by atoms with Crippen LogP contribution >= 0.6 is 23.2 Å². The van der Waals surface area contributed by atoms with Gasteiger partial charge in [0.1, 0.15) is 12.0 Å². The minimum atomic E-state index is 0.0809. The van der Waals surface area contributed by atoms with Crippen molar-refractivity contribution in [1.82, 2.24) is 5.32 Å². The largest absolute Gasteiger partial charge is 0.474 e. The van der Waals surface area contributed by atoms with Gasteiger partial charge in [-0.05, 0) is 44.0 Å². The second-order valence-corrected chi connectivity index (χ2v) is 4.47. The van der Waals surface area contributed by atoms with Crippen molar-refractivity contribution in [2.75, 3.05) is 6.54 Å². The van der Waals surface area contributed by atoms with Crippen LogP contribution in [0, 0.1) is 0 Å². The third-order valence-electron chi connectivity index (χ3n) is 2.43. The Hall–Kier alpha value is -0.440. The summed E-state index contributed by atoms with van der Waals surface area (Å²) < 4.78 is 5.74. The third kappa shape index (κ3) is 3.00. The van der Waals surface area contributed by atoms with Gasteiger partial charge in [-0.2, -0.15) is 0 Å². The number of ether oxygens (including phenoxy) is 1. The van der Waals surface area contributed by atoms with Gasteiger partial charge in [0, 0.05) is 5.02 Å². The predicted octanol–water partition coefficient (Wildman–Crippen LogP) is 3.47. The van der Waals surface area contributed by atoms with E-state index >= 15 is 0 Å². The standard InChI is InChI=1S/C11H13Cl2NO/c12-8-4-5-10(9(13)7-8)15-11-3-1-2-6-14-11/h4-5,7,11,14H,1-3,6H2. The van der Waals surface area contributed by atoms with E-state index in [1.807, 2.05) is 0 Å². The molecular formula is C11H13Cl2NO. The summed E-state index contributed by atoms with van der Waals surface area (Å²) in [6, 6.07) is 5.29. The molecule has 1 aliphatic rings. The summed E-state index contributed by atoms with van der Waals surface area (Å²) >= 11 is 11.8. The lowest BCUT2D eigenvalue weighted by atomic mass is 10.1. The molecule has 1 atom stereocenters. The molecule has 0 amide bonds. The molecule has 0 aromatic heterocycles. The summed E-state index contributed by atoms with van der Waals surface area (Å²) in [6.07, 6.45) is 3.52. The first-order valence-corrected chi connectivity index (χ1v) is 5.86. The Kier molecular flexibility index (Phi) is 3.73. The van der Waals surface area contributed by atoms with Gasteiger partial charge < -0.3 is 4.74 Å². The first kappa shape index (κ1) is 11.1. The fourth-order valence-corrected chi connectivity index (χ4v) is 2.10. The number of rotatable bonds is 2. The van der Waals surface area contributed by atoms with Gasteiger partial charge >= 0.3 is 0 Å². The number of benzene rings is 1. The van der Waals surface area contributed by atoms with E-state index in [4.69, 9.17) is 27.9 Å². The van der Waals surface area contributed by atoms with Crippen LogP contribution in [-0.2, 0) is 0 Å². The van der Waals surface area contributed by atoms with Crippen molar-refractivity contribution in [2.45, 2.75) is 25.5 Å². The number of hydrogen-bond acceptors (Lipinski definition) is 2. The van der Waals surface area contributed by atoms with Crippen LogP contribution in [0.5, 0.6) is 5.75 Å². The molecule has 82 valence electrons. The molecule has 1 aromatic carbocycles. The van der Waals surface area contributed by atoms with Crippen molar-refractivity contribution in [3.8, 4) is 5.75 Å². The molecule has 2 nitrogen and oxygen atoms in total. The molecule has 1 aromatic rings. The first-order chi connectivity index (χ1) is 7.25. The second kappa shape index (κ2) is 5.06. The molecule has 1 aliphatic heterocycles. The highest BCUT2D eigenvalue weighted by Gasteiger charge is 2.15. The molecule has 0 radical (unpaired) electrons. The lowest BCUT2D eigenvalue weighted by Crippen LogP contribution is -2.38. The summed E-state index contributed by atoms with van der Waals surface area (Å²) in [5.41, 5.74) is 0. The van der Waals surface area contributed by atoms with E-state index in [9.17, 15) is 0 Å². The first-order valence-electron chi connectivity index (χ1n) is 5.11. The maximum absolute atomic E-state index is 6.01. The van der Waals surface area contributed by atoms with Crippen LogP contribution in [0.3, 0.4) is 0 Å². The third-order valence-corrected chi connectivity index (χ3v) is 2.96. The molecule has 1 unspecified atom stereocenters. The molecule has 1 fully saturated rings. The fraction of sp³-hybridized carbons (Fsp3) is 0.455. The van der Waals surface area contributed by atoms with Crippen LogP contribution < -0.4 is 10.1 Å². The number of nitrogens with one attached hydrogen (secondary N) is 1. The Morgan fingerprint density at radius 3 is 2.80 bits per heavy atom. The van der Waals surface area contributed by atoms with E-state index in [1.165, 1.54) is 12.8 Å². The summed E-state index contributed by atoms with van der Waals surface area (Å²) in [4.78, 5) is 0. The van der Waals surface area contributed by atoms with Crippen molar-refractivity contribution in [3.63, 3.8) is 0 Å². The van der Waals surface area contributed by atoms with E-state index in [0.717, 1.165) is 13.0 Å². The van der Waals surface area contributed by atoms with E-state index in [0.29, 0.717) is 15.8 Å². The van der Waals surface area contributed by atoms with Crippen molar-refractivity contribution in [2.24, 2.45) is 0 Å². The zero-order chi connectivity index (χ0) is 10.7. The second-order valence-electron chi connectivity index (χ2n) is 3.63. The van der Waals surface area contributed by atoms with E-state index in [1.54, 1.807) is 18.2 Å². The predicted molar refractivity (Wildman–Crippen MR) is 62.7 cm³/mol. The molecule has 15 heavy (non-hydrogen) atoms. The van der Waals surface area contributed by atoms with Crippen molar-refractivity contribution in [1.29, 1.82) is 0 Å². The summed E-state index contributed by atoms with van der Waals surface area (Å²) in [6.45, 7) is 1.01. The average Bonchev–Trinajstić information content (AvgIpc) is 2.24. The number of halogens is 2. The highest BCUT2D eigenvalue weighted by molar-refractivity contribution is 6.35. The van der Waals surface area contributed by atoms with Gasteiger partial charge in [0.2, 0.25) is 0 Å². The highest BCUT2D eigenvalue weighted by Crippen LogP contribution is 2.28. The molecule has 0 bridgehead atoms. The zero-order valence-corrected chi connectivity index (χ0v) is 9.81. The van der Waals surface area contributed by atoms with Crippen LogP contribution in [0.4, 0.5) is 0 Å². The molecule has 4 heteroatoms. The van der Waals surface area contributed by atoms with Gasteiger partial charge in [0.15, 0.2) is 0 Å². The lowest BCUT2D eigenvalue weighted by Gasteiger charge is -2.24. The van der Waals surface area contributed by atoms with E-state index < -0.39 is 0 Å². The van der Waals surface area contributed by atoms with Gasteiger partial charge in [-0.1, -0.05) is 23.2 Å². The van der Waals surface area contributed by atoms with Gasteiger partial charge in [-0.25, -0.2) is 0 Å². The minimum absolute atomic E-state index is 0.0809. The van der Waals surface area contributed by atoms with Gasteiger partial charge in [0.05, 0.1) is 5.02 Å². The Bertz CT molecular complexity index is 337. The quantitative estimate of drug-likeness (QED) is 0.862. The Balaban J connectivity index is 2.03. The van der Waals surface area contributed by atoms with Crippen molar-refractivity contribution >= 4 is 23.2 Å². The fourth-order valence-electron chi connectivity index (χ4n) is 1.64. The molecule has 0 aliphatic carbocycles. The summed E-state index contributed by atoms with van der Waals surface area (Å²) in [5, 5.41) is 4.49. The molecular weight excluding hydrogens is 233 g/mol. The maximum atomic E-state index is 6.01. The highest BCUT2D eigenvalue weighted by atomic mass is 35.5. The number of hydrogen-bond donors (Lipinski definition) is 1. The SMILES string of the molecule is Clc1ccc(OC2CCCCN2)c(Cl)c1. The normalized spacial score (nSPS) is 21.3. The Morgan fingerprint density at radius 2 is 2.13 bits per heavy atom. The number of piperidine rings is 1. The molecule has 0 spiro atoms. The molecule has 2 rings (SSSR count). The molecule has 0 saturated carbocycles. The van der Waals surface area contributed by atoms with E-state index in [2.05, 4.69) is 5.32 Å². The molecule has 1 saturated heterocycles. The van der Waals surface area contributed by atoms with Crippen LogP contribution in [0.1, 0.15) is 19.3 Å². The Labute approximate surface area is 99.5 Å². The van der Waals surface area contributed by atoms with Crippen LogP contribution in [0.15, 0.2) is 18.2 Å². The maximum Gasteiger partial charge on any atom is 0.150 e. The van der Waals surface area contributed by atoms with Crippen LogP contribution in [0.2, 0.25) is 10.0 Å². The van der Waals surface area contributed by atoms with Crippen LogP contribution in [-0.4, -0.2) is 12.8 Å². The minimum Gasteiger partial charge on any atom is -0.474 e. The smallest absolute Gasteiger partial charge is 0.150 e. The van der Waals surface area contributed by atoms with Gasteiger partial charge in [-0.15, -0.1) is 0 Å². The summed E-state index contributed by atoms with van der Waals surface area (Å²) in [7, 11) is 0. The van der Waals surface area contributed by atoms with Gasteiger partial charge in [-0.3, -0.25) is 5.32 Å². The summed E-state index contributed by atoms with van der Waals surface area (Å²) in [5.74, 6) is 0.695. The van der Waals surface area contributed by atoms with Crippen molar-refractivity contribution in [3.05, 3.63) is 28.2 Å². The van der Waals surface area contributed by atoms with E-state index in [-0.39, 0.29) is 6.23 Å². The monoisotopic (exact) mass is 245 g/mol. The van der Waals surface area contributed by atoms with Crippen LogP contribution in [0.25, 0.3) is 0 Å². The van der Waals surface area contributed by atoms with Crippen molar-refractivity contribution < 1.29 is 4.74 Å². The molecule has 1 heterocycles. The average molecular weight is 246 g/mol. The van der Waals surface area contributed by atoms with Gasteiger partial charge in [0.25, 0.3) is 0 Å². The zero-order valence-electron chi connectivity index (χ0n) is 8.30. The lowest BCUT2D eigenvalue weighted by molar-refractivity contribution is 0.132. The molecule has 1 N–H and O–H groups in total. The Morgan fingerprint density at radius 1 is 1.27 bits per heavy atom. The topological polar surface area (TPSA) is 21.3 Å².